The van der Waals surface area contributed by atoms with Crippen LogP contribution in [0, 0.1) is 0 Å². The number of carbonyl (C=O) groups is 1. The molecule has 1 aromatic heterocycles. The van der Waals surface area contributed by atoms with Crippen molar-refractivity contribution < 1.29 is 18.7 Å². The lowest BCUT2D eigenvalue weighted by atomic mass is 10.0. The number of rotatable bonds is 6. The number of halogens is 1. The van der Waals surface area contributed by atoms with Gasteiger partial charge in [-0.25, -0.2) is 0 Å². The Balaban J connectivity index is 1.36. The van der Waals surface area contributed by atoms with Crippen molar-refractivity contribution in [3.05, 3.63) is 100 Å². The van der Waals surface area contributed by atoms with E-state index in [0.29, 0.717) is 23.7 Å². The Bertz CT molecular complexity index is 1150. The maximum Gasteiger partial charge on any atom is 0.198 e. The van der Waals surface area contributed by atoms with Gasteiger partial charge in [0, 0.05) is 9.86 Å². The van der Waals surface area contributed by atoms with Gasteiger partial charge in [-0.2, -0.15) is 0 Å². The average Bonchev–Trinajstić information content (AvgIpc) is 3.44. The molecule has 0 aliphatic carbocycles. The SMILES string of the molecule is O=C(c1cc(Br)ccc1OCc1ccccc1)[C@H]1O[C@@H]1c1cc2ccccc2o1. The van der Waals surface area contributed by atoms with E-state index >= 15 is 0 Å². The molecule has 1 fully saturated rings. The van der Waals surface area contributed by atoms with Gasteiger partial charge in [0.1, 0.15) is 29.8 Å². The fourth-order valence-electron chi connectivity index (χ4n) is 3.38. The van der Waals surface area contributed by atoms with Crippen LogP contribution in [-0.4, -0.2) is 11.9 Å². The number of benzene rings is 3. The van der Waals surface area contributed by atoms with E-state index in [2.05, 4.69) is 15.9 Å². The monoisotopic (exact) mass is 448 g/mol. The summed E-state index contributed by atoms with van der Waals surface area (Å²) in [6, 6.07) is 25.0. The number of carbonyl (C=O) groups excluding carboxylic acids is 1. The van der Waals surface area contributed by atoms with Crippen LogP contribution in [0.4, 0.5) is 0 Å². The lowest BCUT2D eigenvalue weighted by Crippen LogP contribution is -2.11. The number of hydrogen-bond donors (Lipinski definition) is 0. The van der Waals surface area contributed by atoms with E-state index in [0.717, 1.165) is 21.0 Å². The van der Waals surface area contributed by atoms with E-state index < -0.39 is 6.10 Å². The van der Waals surface area contributed by atoms with Crippen molar-refractivity contribution >= 4 is 32.7 Å². The summed E-state index contributed by atoms with van der Waals surface area (Å²) in [5.74, 6) is 1.10. The fraction of sp³-hybridized carbons (Fsp3) is 0.125. The molecule has 0 N–H and O–H groups in total. The third-order valence-electron chi connectivity index (χ3n) is 4.92. The van der Waals surface area contributed by atoms with Crippen LogP contribution in [0.5, 0.6) is 5.75 Å². The van der Waals surface area contributed by atoms with Crippen LogP contribution in [0.2, 0.25) is 0 Å². The van der Waals surface area contributed by atoms with Gasteiger partial charge < -0.3 is 13.9 Å². The zero-order valence-electron chi connectivity index (χ0n) is 15.4. The van der Waals surface area contributed by atoms with Crippen molar-refractivity contribution in [3.63, 3.8) is 0 Å². The molecule has 2 heterocycles. The maximum absolute atomic E-state index is 13.1. The number of fused-ring (bicyclic) bond motifs is 1. The Morgan fingerprint density at radius 1 is 0.966 bits per heavy atom. The predicted molar refractivity (Wildman–Crippen MR) is 113 cm³/mol. The first-order valence-corrected chi connectivity index (χ1v) is 10.1. The zero-order chi connectivity index (χ0) is 19.8. The number of para-hydroxylation sites is 1. The molecule has 0 radical (unpaired) electrons. The molecule has 1 saturated heterocycles. The number of ether oxygens (including phenoxy) is 2. The molecule has 1 aliphatic rings. The van der Waals surface area contributed by atoms with Gasteiger partial charge in [0.05, 0.1) is 5.56 Å². The minimum Gasteiger partial charge on any atom is -0.488 e. The predicted octanol–water partition coefficient (Wildman–Crippen LogP) is 6.10. The molecule has 0 spiro atoms. The molecule has 2 atom stereocenters. The topological polar surface area (TPSA) is 52.0 Å². The molecule has 29 heavy (non-hydrogen) atoms. The zero-order valence-corrected chi connectivity index (χ0v) is 17.0. The number of Topliss-reactive ketones (excluding diaryl/α,β-unsaturated/α-hetero) is 1. The fourth-order valence-corrected chi connectivity index (χ4v) is 3.74. The largest absolute Gasteiger partial charge is 0.488 e. The highest BCUT2D eigenvalue weighted by Crippen LogP contribution is 2.43. The second-order valence-electron chi connectivity index (χ2n) is 6.94. The van der Waals surface area contributed by atoms with Crippen molar-refractivity contribution in [2.24, 2.45) is 0 Å². The van der Waals surface area contributed by atoms with Crippen molar-refractivity contribution in [1.29, 1.82) is 0 Å². The van der Waals surface area contributed by atoms with Gasteiger partial charge in [0.15, 0.2) is 11.9 Å². The Morgan fingerprint density at radius 3 is 2.59 bits per heavy atom. The summed E-state index contributed by atoms with van der Waals surface area (Å²) in [5, 5.41) is 0.999. The second-order valence-corrected chi connectivity index (χ2v) is 7.86. The smallest absolute Gasteiger partial charge is 0.198 e. The van der Waals surface area contributed by atoms with E-state index in [1.165, 1.54) is 0 Å². The maximum atomic E-state index is 13.1. The van der Waals surface area contributed by atoms with Crippen LogP contribution in [-0.2, 0) is 11.3 Å². The number of hydrogen-bond acceptors (Lipinski definition) is 4. The first-order valence-electron chi connectivity index (χ1n) is 9.33. The molecule has 3 aromatic carbocycles. The first kappa shape index (κ1) is 18.2. The molecule has 144 valence electrons. The summed E-state index contributed by atoms with van der Waals surface area (Å²) >= 11 is 3.45. The lowest BCUT2D eigenvalue weighted by Gasteiger charge is -2.11. The molecule has 5 heteroatoms. The van der Waals surface area contributed by atoms with Crippen LogP contribution in [0.1, 0.15) is 27.8 Å². The number of furan rings is 1. The van der Waals surface area contributed by atoms with Gasteiger partial charge in [-0.3, -0.25) is 4.79 Å². The highest BCUT2D eigenvalue weighted by Gasteiger charge is 2.49. The summed E-state index contributed by atoms with van der Waals surface area (Å²) in [4.78, 5) is 13.1. The van der Waals surface area contributed by atoms with Crippen LogP contribution < -0.4 is 4.74 Å². The third-order valence-corrected chi connectivity index (χ3v) is 5.41. The molecule has 0 saturated carbocycles. The van der Waals surface area contributed by atoms with E-state index in [1.54, 1.807) is 12.1 Å². The second kappa shape index (κ2) is 7.50. The molecule has 1 aliphatic heterocycles. The molecular formula is C24H17BrO4. The Labute approximate surface area is 176 Å². The van der Waals surface area contributed by atoms with E-state index in [4.69, 9.17) is 13.9 Å². The molecule has 0 unspecified atom stereocenters. The Hall–Kier alpha value is -2.89. The van der Waals surface area contributed by atoms with Crippen molar-refractivity contribution in [2.45, 2.75) is 18.8 Å². The number of epoxide rings is 1. The molecule has 4 aromatic rings. The van der Waals surface area contributed by atoms with Gasteiger partial charge in [0.2, 0.25) is 0 Å². The molecule has 5 rings (SSSR count). The Morgan fingerprint density at radius 2 is 1.76 bits per heavy atom. The van der Waals surface area contributed by atoms with E-state index in [9.17, 15) is 4.79 Å². The van der Waals surface area contributed by atoms with Gasteiger partial charge in [-0.05, 0) is 35.9 Å². The highest BCUT2D eigenvalue weighted by molar-refractivity contribution is 9.10. The lowest BCUT2D eigenvalue weighted by molar-refractivity contribution is 0.0949. The standard InChI is InChI=1S/C24H17BrO4/c25-17-10-11-20(27-14-15-6-2-1-3-7-15)18(13-17)22(26)24-23(29-24)21-12-16-8-4-5-9-19(16)28-21/h1-13,23-24H,14H2/t23-,24-/m1/s1. The summed E-state index contributed by atoms with van der Waals surface area (Å²) in [7, 11) is 0. The summed E-state index contributed by atoms with van der Waals surface area (Å²) in [6.45, 7) is 0.390. The van der Waals surface area contributed by atoms with Gasteiger partial charge >= 0.3 is 0 Å². The van der Waals surface area contributed by atoms with E-state index in [1.807, 2.05) is 66.7 Å². The molecule has 0 amide bonds. The first-order chi connectivity index (χ1) is 14.2. The molecule has 0 bridgehead atoms. The summed E-state index contributed by atoms with van der Waals surface area (Å²) in [6.07, 6.45) is -0.931. The number of ketones is 1. The minimum absolute atomic E-state index is 0.111. The molecule has 4 nitrogen and oxygen atoms in total. The average molecular weight is 449 g/mol. The summed E-state index contributed by atoms with van der Waals surface area (Å²) < 4.78 is 18.3. The quantitative estimate of drug-likeness (QED) is 0.264. The highest BCUT2D eigenvalue weighted by atomic mass is 79.9. The minimum atomic E-state index is -0.566. The van der Waals surface area contributed by atoms with Crippen molar-refractivity contribution in [1.82, 2.24) is 0 Å². The van der Waals surface area contributed by atoms with Crippen molar-refractivity contribution in [3.8, 4) is 5.75 Å². The Kier molecular flexibility index (Phi) is 4.70. The van der Waals surface area contributed by atoms with E-state index in [-0.39, 0.29) is 11.9 Å². The molecular weight excluding hydrogens is 432 g/mol. The van der Waals surface area contributed by atoms with Gasteiger partial charge in [-0.15, -0.1) is 0 Å². The van der Waals surface area contributed by atoms with Crippen molar-refractivity contribution in [2.75, 3.05) is 0 Å². The van der Waals surface area contributed by atoms with Gasteiger partial charge in [0.25, 0.3) is 0 Å². The third kappa shape index (κ3) is 3.71. The van der Waals surface area contributed by atoms with Crippen LogP contribution in [0.3, 0.4) is 0 Å². The van der Waals surface area contributed by atoms with Crippen LogP contribution >= 0.6 is 15.9 Å². The van der Waals surface area contributed by atoms with Crippen LogP contribution in [0.15, 0.2) is 87.8 Å². The normalized spacial score (nSPS) is 18.0. The van der Waals surface area contributed by atoms with Gasteiger partial charge in [-0.1, -0.05) is 64.5 Å². The summed E-state index contributed by atoms with van der Waals surface area (Å²) in [5.41, 5.74) is 2.33. The van der Waals surface area contributed by atoms with Crippen LogP contribution in [0.25, 0.3) is 11.0 Å².